The Morgan fingerprint density at radius 2 is 1.93 bits per heavy atom. The van der Waals surface area contributed by atoms with Gasteiger partial charge in [-0.1, -0.05) is 11.6 Å². The number of carbonyl (C=O) groups excluding carboxylic acids is 1. The van der Waals surface area contributed by atoms with Gasteiger partial charge in [-0.15, -0.1) is 11.8 Å². The molecule has 0 spiro atoms. The number of thioether (sulfide) groups is 1. The second-order valence-corrected chi connectivity index (χ2v) is 9.55. The average Bonchev–Trinajstić information content (AvgIpc) is 2.69. The molecule has 2 aromatic rings. The molecule has 0 heterocycles. The minimum absolute atomic E-state index is 0.0834. The van der Waals surface area contributed by atoms with Crippen LogP contribution in [0.1, 0.15) is 0 Å². The molecule has 0 radical (unpaired) electrons. The fourth-order valence-electron chi connectivity index (χ4n) is 2.44. The quantitative estimate of drug-likeness (QED) is 0.244. The number of hydrogen-bond donors (Lipinski definition) is 1. The Morgan fingerprint density at radius 3 is 2.50 bits per heavy atom. The Hall–Kier alpha value is -2.50. The largest absolute Gasteiger partial charge is 0.495 e. The molecule has 0 bridgehead atoms. The molecule has 30 heavy (non-hydrogen) atoms. The van der Waals surface area contributed by atoms with E-state index in [1.54, 1.807) is 12.1 Å². The van der Waals surface area contributed by atoms with Gasteiger partial charge in [-0.2, -0.15) is 0 Å². The number of amides is 1. The number of nitro groups is 1. The highest BCUT2D eigenvalue weighted by Crippen LogP contribution is 2.33. The van der Waals surface area contributed by atoms with Gasteiger partial charge in [-0.3, -0.25) is 19.2 Å². The number of non-ortho nitro benzene ring substituents is 1. The maximum atomic E-state index is 12.3. The topological polar surface area (TPSA) is 119 Å². The number of rotatable bonds is 10. The van der Waals surface area contributed by atoms with Crippen molar-refractivity contribution in [3.05, 3.63) is 57.6 Å². The molecule has 2 rings (SSSR count). The van der Waals surface area contributed by atoms with Gasteiger partial charge in [0.25, 0.3) is 5.69 Å². The Kier molecular flexibility index (Phi) is 8.33. The van der Waals surface area contributed by atoms with Crippen molar-refractivity contribution in [1.82, 2.24) is 5.32 Å². The number of ether oxygens (including phenoxy) is 1. The molecule has 162 valence electrons. The van der Waals surface area contributed by atoms with Gasteiger partial charge in [0.2, 0.25) is 15.9 Å². The fraction of sp³-hybridized carbons (Fsp3) is 0.278. The van der Waals surface area contributed by atoms with E-state index in [4.69, 9.17) is 16.3 Å². The molecule has 0 atom stereocenters. The van der Waals surface area contributed by atoms with Gasteiger partial charge in [0.1, 0.15) is 18.0 Å². The lowest BCUT2D eigenvalue weighted by Crippen LogP contribution is -2.41. The zero-order valence-electron chi connectivity index (χ0n) is 16.2. The van der Waals surface area contributed by atoms with E-state index in [2.05, 4.69) is 5.32 Å². The van der Waals surface area contributed by atoms with Gasteiger partial charge in [-0.05, 0) is 30.3 Å². The molecule has 9 nitrogen and oxygen atoms in total. The predicted octanol–water partition coefficient (Wildman–Crippen LogP) is 2.93. The zero-order chi connectivity index (χ0) is 22.3. The number of nitrogens with zero attached hydrogens (tertiary/aromatic N) is 2. The third-order valence-electron chi connectivity index (χ3n) is 3.84. The van der Waals surface area contributed by atoms with Crippen LogP contribution in [0.2, 0.25) is 5.02 Å². The first kappa shape index (κ1) is 23.8. The summed E-state index contributed by atoms with van der Waals surface area (Å²) in [7, 11) is -2.61. The summed E-state index contributed by atoms with van der Waals surface area (Å²) >= 11 is 7.34. The maximum Gasteiger partial charge on any atom is 0.271 e. The molecule has 0 aliphatic carbocycles. The molecule has 12 heteroatoms. The fourth-order valence-corrected chi connectivity index (χ4v) is 4.19. The van der Waals surface area contributed by atoms with Crippen LogP contribution >= 0.6 is 23.4 Å². The highest BCUT2D eigenvalue weighted by molar-refractivity contribution is 7.99. The van der Waals surface area contributed by atoms with Crippen molar-refractivity contribution in [2.45, 2.75) is 4.90 Å². The van der Waals surface area contributed by atoms with E-state index in [1.807, 2.05) is 12.1 Å². The van der Waals surface area contributed by atoms with E-state index in [0.29, 0.717) is 17.3 Å². The van der Waals surface area contributed by atoms with Crippen LogP contribution < -0.4 is 14.4 Å². The molecular formula is C18H20ClN3O6S2. The molecule has 0 aliphatic rings. The van der Waals surface area contributed by atoms with Crippen LogP contribution in [0.4, 0.5) is 11.4 Å². The summed E-state index contributed by atoms with van der Waals surface area (Å²) in [4.78, 5) is 23.7. The van der Waals surface area contributed by atoms with Gasteiger partial charge in [0.15, 0.2) is 0 Å². The minimum Gasteiger partial charge on any atom is -0.495 e. The van der Waals surface area contributed by atoms with Crippen LogP contribution in [-0.4, -0.2) is 51.5 Å². The Labute approximate surface area is 183 Å². The monoisotopic (exact) mass is 473 g/mol. The summed E-state index contributed by atoms with van der Waals surface area (Å²) in [6.45, 7) is -0.238. The van der Waals surface area contributed by atoms with Crippen molar-refractivity contribution in [2.75, 3.05) is 36.5 Å². The zero-order valence-corrected chi connectivity index (χ0v) is 18.6. The number of carbonyl (C=O) groups is 1. The number of nitrogens with one attached hydrogen (secondary N) is 1. The second-order valence-electron chi connectivity index (χ2n) is 6.04. The van der Waals surface area contributed by atoms with Crippen molar-refractivity contribution in [2.24, 2.45) is 0 Å². The molecule has 1 amide bonds. The standard InChI is InChI=1S/C18H20ClN3O6S2/c1-28-17-8-5-14(22(24)25)11-16(17)21(30(2,26)27)12-18(23)20-9-10-29-15-6-3-13(19)4-7-15/h3-8,11H,9-10,12H2,1-2H3,(H,20,23). The van der Waals surface area contributed by atoms with Crippen LogP contribution in [-0.2, 0) is 14.8 Å². The van der Waals surface area contributed by atoms with Gasteiger partial charge in [-0.25, -0.2) is 8.42 Å². The van der Waals surface area contributed by atoms with Crippen LogP contribution in [0.15, 0.2) is 47.4 Å². The Balaban J connectivity index is 2.06. The summed E-state index contributed by atoms with van der Waals surface area (Å²) in [5.41, 5.74) is -0.404. The highest BCUT2D eigenvalue weighted by Gasteiger charge is 2.26. The minimum atomic E-state index is -3.91. The van der Waals surface area contributed by atoms with Crippen molar-refractivity contribution < 1.29 is 22.9 Å². The third kappa shape index (κ3) is 6.78. The number of halogens is 1. The lowest BCUT2D eigenvalue weighted by atomic mass is 10.2. The van der Waals surface area contributed by atoms with Crippen LogP contribution in [0, 0.1) is 10.1 Å². The smallest absolute Gasteiger partial charge is 0.271 e. The average molecular weight is 474 g/mol. The van der Waals surface area contributed by atoms with E-state index < -0.39 is 27.4 Å². The number of anilines is 1. The molecule has 0 unspecified atom stereocenters. The molecule has 0 aliphatic heterocycles. The lowest BCUT2D eigenvalue weighted by Gasteiger charge is -2.23. The molecule has 0 saturated carbocycles. The number of benzene rings is 2. The number of methoxy groups -OCH3 is 1. The van der Waals surface area contributed by atoms with E-state index >= 15 is 0 Å². The van der Waals surface area contributed by atoms with Gasteiger partial charge < -0.3 is 10.1 Å². The second kappa shape index (κ2) is 10.5. The first-order valence-electron chi connectivity index (χ1n) is 8.57. The summed E-state index contributed by atoms with van der Waals surface area (Å²) in [5.74, 6) is 0.106. The summed E-state index contributed by atoms with van der Waals surface area (Å²) < 4.78 is 30.4. The molecule has 0 aromatic heterocycles. The molecule has 2 aromatic carbocycles. The SMILES string of the molecule is COc1ccc([N+](=O)[O-])cc1N(CC(=O)NCCSc1ccc(Cl)cc1)S(C)(=O)=O. The summed E-state index contributed by atoms with van der Waals surface area (Å²) in [6.07, 6.45) is 0.912. The summed E-state index contributed by atoms with van der Waals surface area (Å²) in [5, 5.41) is 14.3. The van der Waals surface area contributed by atoms with Gasteiger partial charge >= 0.3 is 0 Å². The van der Waals surface area contributed by atoms with Crippen LogP contribution in [0.25, 0.3) is 0 Å². The van der Waals surface area contributed by atoms with Crippen LogP contribution in [0.3, 0.4) is 0 Å². The number of sulfonamides is 1. The number of nitro benzene ring substituents is 1. The lowest BCUT2D eigenvalue weighted by molar-refractivity contribution is -0.384. The highest BCUT2D eigenvalue weighted by atomic mass is 35.5. The Bertz CT molecular complexity index is 1020. The Morgan fingerprint density at radius 1 is 1.27 bits per heavy atom. The predicted molar refractivity (Wildman–Crippen MR) is 117 cm³/mol. The van der Waals surface area contributed by atoms with E-state index in [-0.39, 0.29) is 17.1 Å². The normalized spacial score (nSPS) is 11.0. The molecule has 0 saturated heterocycles. The molecule has 0 fully saturated rings. The van der Waals surface area contributed by atoms with E-state index in [0.717, 1.165) is 21.5 Å². The van der Waals surface area contributed by atoms with E-state index in [1.165, 1.54) is 31.0 Å². The van der Waals surface area contributed by atoms with Gasteiger partial charge in [0, 0.05) is 34.3 Å². The van der Waals surface area contributed by atoms with Crippen molar-refractivity contribution >= 4 is 50.7 Å². The third-order valence-corrected chi connectivity index (χ3v) is 6.23. The van der Waals surface area contributed by atoms with E-state index in [9.17, 15) is 23.3 Å². The first-order valence-corrected chi connectivity index (χ1v) is 11.8. The van der Waals surface area contributed by atoms with Crippen molar-refractivity contribution in [1.29, 1.82) is 0 Å². The molecular weight excluding hydrogens is 454 g/mol. The first-order chi connectivity index (χ1) is 14.1. The van der Waals surface area contributed by atoms with Crippen molar-refractivity contribution in [3.8, 4) is 5.75 Å². The maximum absolute atomic E-state index is 12.3. The summed E-state index contributed by atoms with van der Waals surface area (Å²) in [6, 6.07) is 10.8. The van der Waals surface area contributed by atoms with Gasteiger partial charge in [0.05, 0.1) is 18.3 Å². The molecule has 1 N–H and O–H groups in total. The van der Waals surface area contributed by atoms with Crippen LogP contribution in [0.5, 0.6) is 5.75 Å². The van der Waals surface area contributed by atoms with Crippen molar-refractivity contribution in [3.63, 3.8) is 0 Å². The number of hydrogen-bond acceptors (Lipinski definition) is 7.